The Morgan fingerprint density at radius 1 is 1.50 bits per heavy atom. The summed E-state index contributed by atoms with van der Waals surface area (Å²) in [5.41, 5.74) is 0. The third-order valence-corrected chi connectivity index (χ3v) is 0.952. The van der Waals surface area contributed by atoms with Gasteiger partial charge in [-0.2, -0.15) is 14.0 Å². The zero-order valence-electron chi connectivity index (χ0n) is 3.80. The summed E-state index contributed by atoms with van der Waals surface area (Å²) in [4.78, 5) is 0. The molecule has 5 heteroatoms. The van der Waals surface area contributed by atoms with E-state index in [0.717, 1.165) is 0 Å². The molecule has 0 aromatic heterocycles. The molecule has 8 heavy (non-hydrogen) atoms. The molecule has 0 aliphatic heterocycles. The third-order valence-electron chi connectivity index (χ3n) is 0.564. The molecule has 0 N–H and O–H groups in total. The maximum absolute atomic E-state index is 9.64. The minimum Gasteiger partial charge on any atom is -0.167 e. The fourth-order valence-electron chi connectivity index (χ4n) is 0.226. The van der Waals surface area contributed by atoms with Crippen LogP contribution in [-0.2, 0) is 4.29 Å². The first-order valence-corrected chi connectivity index (χ1v) is 3.11. The van der Waals surface area contributed by atoms with Crippen molar-refractivity contribution in [2.75, 3.05) is 0 Å². The lowest BCUT2D eigenvalue weighted by Gasteiger charge is -2.09. The van der Waals surface area contributed by atoms with E-state index in [1.165, 1.54) is 6.08 Å². The first-order valence-electron chi connectivity index (χ1n) is 1.87. The molecule has 1 aliphatic carbocycles. The summed E-state index contributed by atoms with van der Waals surface area (Å²) in [5, 5.41) is 0. The molecule has 0 radical (unpaired) electrons. The lowest BCUT2D eigenvalue weighted by molar-refractivity contribution is -1.92. The van der Waals surface area contributed by atoms with Gasteiger partial charge in [0.15, 0.2) is 0 Å². The SMILES string of the molecule is [O-][Cl+3]([O-])([O-])OC1=CC1. The second-order valence-electron chi connectivity index (χ2n) is 1.33. The second-order valence-corrected chi connectivity index (χ2v) is 2.24. The number of hydrogen-bond acceptors (Lipinski definition) is 4. The van der Waals surface area contributed by atoms with E-state index in [4.69, 9.17) is 0 Å². The molecule has 0 aromatic rings. The van der Waals surface area contributed by atoms with Crippen LogP contribution in [-0.4, -0.2) is 0 Å². The molecule has 46 valence electrons. The summed E-state index contributed by atoms with van der Waals surface area (Å²) >= 11 is 0. The van der Waals surface area contributed by atoms with Crippen molar-refractivity contribution in [3.05, 3.63) is 11.8 Å². The number of allylic oxidation sites excluding steroid dienone is 2. The molecule has 0 spiro atoms. The van der Waals surface area contributed by atoms with Crippen LogP contribution in [0.25, 0.3) is 0 Å². The fourth-order valence-corrected chi connectivity index (χ4v) is 0.595. The van der Waals surface area contributed by atoms with Crippen LogP contribution in [0, 0.1) is 10.2 Å². The molecule has 1 rings (SSSR count). The van der Waals surface area contributed by atoms with Crippen LogP contribution in [0.1, 0.15) is 6.42 Å². The summed E-state index contributed by atoms with van der Waals surface area (Å²) in [6.07, 6.45) is 1.98. The van der Waals surface area contributed by atoms with Gasteiger partial charge in [0.2, 0.25) is 0 Å². The highest BCUT2D eigenvalue weighted by atomic mass is 35.7. The Balaban J connectivity index is 2.27. The number of halogens is 1. The molecule has 0 amide bonds. The second kappa shape index (κ2) is 1.60. The predicted octanol–water partition coefficient (Wildman–Crippen LogP) is -2.81. The van der Waals surface area contributed by atoms with Gasteiger partial charge in [-0.25, -0.2) is 0 Å². The fraction of sp³-hybridized carbons (Fsp3) is 0.333. The summed E-state index contributed by atoms with van der Waals surface area (Å²) < 4.78 is 32.7. The molecular weight excluding hydrogens is 135 g/mol. The lowest BCUT2D eigenvalue weighted by atomic mass is 10.9. The number of rotatable bonds is 2. The van der Waals surface area contributed by atoms with Crippen LogP contribution in [0.5, 0.6) is 0 Å². The zero-order chi connectivity index (χ0) is 6.20. The maximum Gasteiger partial charge on any atom is 0.265 e. The van der Waals surface area contributed by atoms with E-state index in [2.05, 4.69) is 4.29 Å². The van der Waals surface area contributed by atoms with Crippen LogP contribution in [0.4, 0.5) is 0 Å². The molecule has 0 saturated carbocycles. The summed E-state index contributed by atoms with van der Waals surface area (Å²) in [5.74, 6) is 0.238. The van der Waals surface area contributed by atoms with Crippen molar-refractivity contribution in [2.24, 2.45) is 0 Å². The minimum atomic E-state index is -4.23. The van der Waals surface area contributed by atoms with Crippen LogP contribution in [0.3, 0.4) is 0 Å². The summed E-state index contributed by atoms with van der Waals surface area (Å²) in [7, 11) is -4.23. The molecule has 0 saturated heterocycles. The van der Waals surface area contributed by atoms with E-state index in [9.17, 15) is 14.0 Å². The zero-order valence-corrected chi connectivity index (χ0v) is 4.55. The Bertz CT molecular complexity index is 124. The Kier molecular flexibility index (Phi) is 1.16. The van der Waals surface area contributed by atoms with Crippen LogP contribution in [0.15, 0.2) is 11.8 Å². The van der Waals surface area contributed by atoms with E-state index < -0.39 is 10.2 Å². The van der Waals surface area contributed by atoms with Crippen molar-refractivity contribution >= 4 is 0 Å². The van der Waals surface area contributed by atoms with Gasteiger partial charge in [0.1, 0.15) is 10.2 Å². The van der Waals surface area contributed by atoms with E-state index >= 15 is 0 Å². The normalized spacial score (nSPS) is 17.6. The molecule has 1 aliphatic rings. The van der Waals surface area contributed by atoms with E-state index in [1.54, 1.807) is 0 Å². The monoisotopic (exact) mass is 138 g/mol. The van der Waals surface area contributed by atoms with Crippen molar-refractivity contribution in [1.29, 1.82) is 0 Å². The molecule has 4 nitrogen and oxygen atoms in total. The van der Waals surface area contributed by atoms with Gasteiger partial charge in [0, 0.05) is 6.42 Å². The molecule has 0 unspecified atom stereocenters. The molecule has 0 bridgehead atoms. The van der Waals surface area contributed by atoms with Crippen LogP contribution in [0.2, 0.25) is 0 Å². The van der Waals surface area contributed by atoms with Gasteiger partial charge >= 0.3 is 0 Å². The van der Waals surface area contributed by atoms with Gasteiger partial charge in [-0.3, -0.25) is 0 Å². The molecular formula is C3H3ClO4. The van der Waals surface area contributed by atoms with Crippen molar-refractivity contribution in [3.8, 4) is 0 Å². The lowest BCUT2D eigenvalue weighted by Crippen LogP contribution is -2.60. The van der Waals surface area contributed by atoms with Crippen molar-refractivity contribution in [1.82, 2.24) is 0 Å². The third kappa shape index (κ3) is 2.13. The van der Waals surface area contributed by atoms with Gasteiger partial charge in [-0.15, -0.1) is 0 Å². The Hall–Kier alpha value is -0.290. The minimum absolute atomic E-state index is 0.238. The van der Waals surface area contributed by atoms with Gasteiger partial charge < -0.3 is 0 Å². The highest BCUT2D eigenvalue weighted by Gasteiger charge is 2.27. The first kappa shape index (κ1) is 5.84. The average Bonchev–Trinajstić information content (AvgIpc) is 2.12. The van der Waals surface area contributed by atoms with Crippen LogP contribution >= 0.6 is 0 Å². The van der Waals surface area contributed by atoms with Gasteiger partial charge in [-0.05, 0) is 6.08 Å². The smallest absolute Gasteiger partial charge is 0.167 e. The average molecular weight is 139 g/mol. The number of hydrogen-bond donors (Lipinski definition) is 0. The van der Waals surface area contributed by atoms with Gasteiger partial charge in [0.05, 0.1) is 0 Å². The van der Waals surface area contributed by atoms with Gasteiger partial charge in [0.25, 0.3) is 5.76 Å². The van der Waals surface area contributed by atoms with Crippen molar-refractivity contribution in [2.45, 2.75) is 6.42 Å². The van der Waals surface area contributed by atoms with Crippen molar-refractivity contribution in [3.63, 3.8) is 0 Å². The highest BCUT2D eigenvalue weighted by molar-refractivity contribution is 5.12. The topological polar surface area (TPSA) is 78.4 Å². The van der Waals surface area contributed by atoms with E-state index in [1.807, 2.05) is 0 Å². The predicted molar refractivity (Wildman–Crippen MR) is 13.8 cm³/mol. The molecule has 0 fully saturated rings. The van der Waals surface area contributed by atoms with Crippen molar-refractivity contribution < 1.29 is 28.5 Å². The molecule has 0 atom stereocenters. The Morgan fingerprint density at radius 2 is 2.00 bits per heavy atom. The maximum atomic E-state index is 9.64. The Labute approximate surface area is 47.7 Å². The molecule has 0 aromatic carbocycles. The standard InChI is InChI=1S/C3H3ClO4/c5-4(6,7)8-3-1-2-3/h1H,2H2. The summed E-state index contributed by atoms with van der Waals surface area (Å²) in [6.45, 7) is 0. The largest absolute Gasteiger partial charge is 0.265 e. The quantitative estimate of drug-likeness (QED) is 0.413. The summed E-state index contributed by atoms with van der Waals surface area (Å²) in [6, 6.07) is 0. The first-order chi connectivity index (χ1) is 3.58. The Morgan fingerprint density at radius 3 is 2.12 bits per heavy atom. The molecule has 0 heterocycles. The van der Waals surface area contributed by atoms with E-state index in [-0.39, 0.29) is 5.76 Å². The van der Waals surface area contributed by atoms with Crippen LogP contribution < -0.4 is 14.0 Å². The van der Waals surface area contributed by atoms with Gasteiger partial charge in [-0.1, -0.05) is 4.29 Å². The van der Waals surface area contributed by atoms with E-state index in [0.29, 0.717) is 6.42 Å². The highest BCUT2D eigenvalue weighted by Crippen LogP contribution is 2.21.